The third kappa shape index (κ3) is 2.71. The minimum absolute atomic E-state index is 0.480. The van der Waals surface area contributed by atoms with E-state index in [-0.39, 0.29) is 0 Å². The van der Waals surface area contributed by atoms with Gasteiger partial charge in [-0.15, -0.1) is 0 Å². The normalized spacial score (nSPS) is 9.56. The van der Waals surface area contributed by atoms with Crippen LogP contribution in [0.1, 0.15) is 5.56 Å². The zero-order valence-corrected chi connectivity index (χ0v) is 9.88. The van der Waals surface area contributed by atoms with E-state index in [2.05, 4.69) is 6.07 Å². The zero-order chi connectivity index (χ0) is 13.0. The number of nitriles is 1. The summed E-state index contributed by atoms with van der Waals surface area (Å²) in [7, 11) is 1.54. The van der Waals surface area contributed by atoms with E-state index in [1.54, 1.807) is 49.6 Å². The zero-order valence-electron chi connectivity index (χ0n) is 9.88. The molecule has 4 heteroatoms. The number of nitrogens with zero attached hydrogens (tertiary/aromatic N) is 1. The molecule has 0 heterocycles. The maximum Gasteiger partial charge on any atom is 0.132 e. The van der Waals surface area contributed by atoms with Crippen LogP contribution in [0.2, 0.25) is 0 Å². The monoisotopic (exact) mass is 240 g/mol. The number of ether oxygens (including phenoxy) is 2. The number of anilines is 1. The van der Waals surface area contributed by atoms with Gasteiger partial charge in [0.2, 0.25) is 0 Å². The third-order valence-corrected chi connectivity index (χ3v) is 2.34. The first-order valence-electron chi connectivity index (χ1n) is 5.34. The van der Waals surface area contributed by atoms with E-state index in [9.17, 15) is 0 Å². The molecule has 0 saturated heterocycles. The van der Waals surface area contributed by atoms with E-state index in [0.717, 1.165) is 0 Å². The van der Waals surface area contributed by atoms with Crippen LogP contribution >= 0.6 is 0 Å². The molecular weight excluding hydrogens is 228 g/mol. The summed E-state index contributed by atoms with van der Waals surface area (Å²) < 4.78 is 10.7. The van der Waals surface area contributed by atoms with Crippen molar-refractivity contribution in [1.82, 2.24) is 0 Å². The van der Waals surface area contributed by atoms with E-state index in [1.165, 1.54) is 0 Å². The first-order valence-corrected chi connectivity index (χ1v) is 5.34. The van der Waals surface area contributed by atoms with Gasteiger partial charge in [0.05, 0.1) is 18.7 Å². The lowest BCUT2D eigenvalue weighted by atomic mass is 10.2. The van der Waals surface area contributed by atoms with E-state index < -0.39 is 0 Å². The Morgan fingerprint density at radius 2 is 1.83 bits per heavy atom. The number of rotatable bonds is 3. The van der Waals surface area contributed by atoms with Gasteiger partial charge >= 0.3 is 0 Å². The Balaban J connectivity index is 2.31. The molecule has 0 aromatic heterocycles. The van der Waals surface area contributed by atoms with E-state index in [0.29, 0.717) is 28.5 Å². The molecule has 2 rings (SSSR count). The van der Waals surface area contributed by atoms with Crippen LogP contribution in [0.3, 0.4) is 0 Å². The molecule has 0 atom stereocenters. The number of methoxy groups -OCH3 is 1. The van der Waals surface area contributed by atoms with Crippen molar-refractivity contribution in [1.29, 1.82) is 5.26 Å². The smallest absolute Gasteiger partial charge is 0.132 e. The summed E-state index contributed by atoms with van der Waals surface area (Å²) in [5.41, 5.74) is 6.77. The maximum absolute atomic E-state index is 8.91. The Kier molecular flexibility index (Phi) is 3.35. The second kappa shape index (κ2) is 5.11. The predicted octanol–water partition coefficient (Wildman–Crippen LogP) is 2.94. The molecule has 0 aliphatic heterocycles. The average molecular weight is 240 g/mol. The first kappa shape index (κ1) is 11.8. The van der Waals surface area contributed by atoms with Crippen molar-refractivity contribution in [3.8, 4) is 23.3 Å². The summed E-state index contributed by atoms with van der Waals surface area (Å²) in [6, 6.07) is 14.1. The Morgan fingerprint density at radius 1 is 1.06 bits per heavy atom. The van der Waals surface area contributed by atoms with Crippen LogP contribution in [0, 0.1) is 11.3 Å². The predicted molar refractivity (Wildman–Crippen MR) is 68.6 cm³/mol. The van der Waals surface area contributed by atoms with E-state index in [1.807, 2.05) is 0 Å². The van der Waals surface area contributed by atoms with Crippen molar-refractivity contribution in [3.05, 3.63) is 48.0 Å². The summed E-state index contributed by atoms with van der Waals surface area (Å²) in [4.78, 5) is 0. The van der Waals surface area contributed by atoms with E-state index in [4.69, 9.17) is 20.5 Å². The molecule has 0 saturated carbocycles. The fourth-order valence-corrected chi connectivity index (χ4v) is 1.53. The molecule has 0 unspecified atom stereocenters. The Morgan fingerprint density at radius 3 is 2.50 bits per heavy atom. The van der Waals surface area contributed by atoms with Gasteiger partial charge < -0.3 is 15.2 Å². The van der Waals surface area contributed by atoms with Crippen LogP contribution in [0.5, 0.6) is 17.2 Å². The molecule has 0 spiro atoms. The number of benzene rings is 2. The fraction of sp³-hybridized carbons (Fsp3) is 0.0714. The van der Waals surface area contributed by atoms with Gasteiger partial charge in [-0.05, 0) is 24.3 Å². The second-order valence-corrected chi connectivity index (χ2v) is 3.68. The van der Waals surface area contributed by atoms with Crippen LogP contribution in [-0.2, 0) is 0 Å². The molecule has 0 radical (unpaired) electrons. The van der Waals surface area contributed by atoms with Crippen molar-refractivity contribution >= 4 is 5.69 Å². The number of hydrogen-bond donors (Lipinski definition) is 1. The molecule has 0 fully saturated rings. The second-order valence-electron chi connectivity index (χ2n) is 3.68. The molecule has 18 heavy (non-hydrogen) atoms. The highest BCUT2D eigenvalue weighted by atomic mass is 16.5. The van der Waals surface area contributed by atoms with Crippen LogP contribution < -0.4 is 15.2 Å². The summed E-state index contributed by atoms with van der Waals surface area (Å²) in [6.45, 7) is 0. The summed E-state index contributed by atoms with van der Waals surface area (Å²) in [6.07, 6.45) is 0. The summed E-state index contributed by atoms with van der Waals surface area (Å²) in [5, 5.41) is 8.91. The van der Waals surface area contributed by atoms with Gasteiger partial charge in [0.1, 0.15) is 17.2 Å². The Bertz CT molecular complexity index is 603. The molecule has 90 valence electrons. The molecular formula is C14H12N2O2. The minimum Gasteiger partial charge on any atom is -0.497 e. The van der Waals surface area contributed by atoms with Crippen LogP contribution in [-0.4, -0.2) is 7.11 Å². The van der Waals surface area contributed by atoms with Crippen LogP contribution in [0.4, 0.5) is 5.69 Å². The molecule has 0 aliphatic rings. The fourth-order valence-electron chi connectivity index (χ4n) is 1.53. The number of nitrogen functional groups attached to an aromatic ring is 1. The van der Waals surface area contributed by atoms with Gasteiger partial charge in [0.15, 0.2) is 0 Å². The Hall–Kier alpha value is -2.67. The molecule has 2 aromatic carbocycles. The molecule has 4 nitrogen and oxygen atoms in total. The lowest BCUT2D eigenvalue weighted by Gasteiger charge is -2.08. The highest BCUT2D eigenvalue weighted by molar-refractivity contribution is 5.48. The van der Waals surface area contributed by atoms with Crippen molar-refractivity contribution in [3.63, 3.8) is 0 Å². The maximum atomic E-state index is 8.91. The van der Waals surface area contributed by atoms with Gasteiger partial charge in [-0.3, -0.25) is 0 Å². The number of hydrogen-bond acceptors (Lipinski definition) is 4. The van der Waals surface area contributed by atoms with Gasteiger partial charge in [-0.1, -0.05) is 6.07 Å². The first-order chi connectivity index (χ1) is 8.71. The molecule has 0 aliphatic carbocycles. The van der Waals surface area contributed by atoms with Crippen molar-refractivity contribution in [2.75, 3.05) is 12.8 Å². The summed E-state index contributed by atoms with van der Waals surface area (Å²) >= 11 is 0. The largest absolute Gasteiger partial charge is 0.497 e. The quantitative estimate of drug-likeness (QED) is 0.837. The van der Waals surface area contributed by atoms with Gasteiger partial charge in [0, 0.05) is 17.8 Å². The Labute approximate surface area is 105 Å². The summed E-state index contributed by atoms with van der Waals surface area (Å²) in [5.74, 6) is 1.73. The van der Waals surface area contributed by atoms with Gasteiger partial charge in [-0.25, -0.2) is 0 Å². The lowest BCUT2D eigenvalue weighted by Crippen LogP contribution is -1.90. The standard InChI is InChI=1S/C14H12N2O2/c1-17-13-5-10(9-15)6-14(8-13)18-12-4-2-3-11(16)7-12/h2-8H,16H2,1H3. The lowest BCUT2D eigenvalue weighted by molar-refractivity contribution is 0.409. The van der Waals surface area contributed by atoms with Gasteiger partial charge in [-0.2, -0.15) is 5.26 Å². The molecule has 2 N–H and O–H groups in total. The van der Waals surface area contributed by atoms with E-state index >= 15 is 0 Å². The highest BCUT2D eigenvalue weighted by Gasteiger charge is 2.03. The average Bonchev–Trinajstić information content (AvgIpc) is 2.38. The third-order valence-electron chi connectivity index (χ3n) is 2.34. The van der Waals surface area contributed by atoms with Gasteiger partial charge in [0.25, 0.3) is 0 Å². The van der Waals surface area contributed by atoms with Crippen LogP contribution in [0.25, 0.3) is 0 Å². The molecule has 2 aromatic rings. The van der Waals surface area contributed by atoms with Crippen molar-refractivity contribution < 1.29 is 9.47 Å². The number of nitrogens with two attached hydrogens (primary N) is 1. The SMILES string of the molecule is COc1cc(C#N)cc(Oc2cccc(N)c2)c1. The minimum atomic E-state index is 0.480. The topological polar surface area (TPSA) is 68.3 Å². The van der Waals surface area contributed by atoms with Crippen molar-refractivity contribution in [2.24, 2.45) is 0 Å². The highest BCUT2D eigenvalue weighted by Crippen LogP contribution is 2.27. The molecule has 0 bridgehead atoms. The van der Waals surface area contributed by atoms with Crippen LogP contribution in [0.15, 0.2) is 42.5 Å². The van der Waals surface area contributed by atoms with Crippen molar-refractivity contribution in [2.45, 2.75) is 0 Å². The molecule has 0 amide bonds.